The van der Waals surface area contributed by atoms with Crippen LogP contribution in [-0.4, -0.2) is 34.2 Å². The maximum absolute atomic E-state index is 12.4. The number of rotatable bonds is 8. The number of amides is 1. The van der Waals surface area contributed by atoms with Gasteiger partial charge in [0.1, 0.15) is 4.88 Å². The number of nitrogens with zero attached hydrogens (tertiary/aromatic N) is 2. The molecular weight excluding hydrogens is 442 g/mol. The molecule has 2 aromatic heterocycles. The molecule has 0 atom stereocenters. The molecule has 8 heteroatoms. The third-order valence-corrected chi connectivity index (χ3v) is 6.75. The lowest BCUT2D eigenvalue weighted by Gasteiger charge is -2.09. The molecule has 0 fully saturated rings. The van der Waals surface area contributed by atoms with Gasteiger partial charge in [0.25, 0.3) is 0 Å². The lowest BCUT2D eigenvalue weighted by molar-refractivity contribution is -0.115. The van der Waals surface area contributed by atoms with E-state index in [9.17, 15) is 9.59 Å². The summed E-state index contributed by atoms with van der Waals surface area (Å²) in [6.07, 6.45) is 0.321. The van der Waals surface area contributed by atoms with Gasteiger partial charge in [0.15, 0.2) is 5.13 Å². The van der Waals surface area contributed by atoms with E-state index in [2.05, 4.69) is 49.3 Å². The summed E-state index contributed by atoms with van der Waals surface area (Å²) in [5.74, 6) is 0.325. The van der Waals surface area contributed by atoms with Gasteiger partial charge in [-0.15, -0.1) is 11.8 Å². The van der Waals surface area contributed by atoms with Gasteiger partial charge < -0.3 is 10.1 Å². The van der Waals surface area contributed by atoms with Crippen LogP contribution in [0.5, 0.6) is 0 Å². The number of hydrogen-bond acceptors (Lipinski definition) is 7. The van der Waals surface area contributed by atoms with Gasteiger partial charge >= 0.3 is 5.97 Å². The molecule has 0 aliphatic heterocycles. The third kappa shape index (κ3) is 6.07. The lowest BCUT2D eigenvalue weighted by Crippen LogP contribution is -2.12. The normalized spacial score (nSPS) is 11.2. The Morgan fingerprint density at radius 2 is 1.84 bits per heavy atom. The smallest absolute Gasteiger partial charge is 0.350 e. The lowest BCUT2D eigenvalue weighted by atomic mass is 10.0. The van der Waals surface area contributed by atoms with Crippen molar-refractivity contribution in [2.24, 2.45) is 5.92 Å². The van der Waals surface area contributed by atoms with Crippen molar-refractivity contribution in [2.45, 2.75) is 53.0 Å². The number of hydrogen-bond donors (Lipinski definition) is 1. The Hall–Kier alpha value is -2.45. The number of aryl methyl sites for hydroxylation is 4. The van der Waals surface area contributed by atoms with Crippen molar-refractivity contribution < 1.29 is 14.3 Å². The maximum atomic E-state index is 12.4. The minimum Gasteiger partial charge on any atom is -0.461 e. The summed E-state index contributed by atoms with van der Waals surface area (Å²) in [6.45, 7) is 12.3. The Morgan fingerprint density at radius 1 is 1.09 bits per heavy atom. The Kier molecular flexibility index (Phi) is 7.90. The van der Waals surface area contributed by atoms with Gasteiger partial charge in [0.2, 0.25) is 5.91 Å². The molecule has 170 valence electrons. The van der Waals surface area contributed by atoms with Crippen molar-refractivity contribution in [3.8, 4) is 0 Å². The second-order valence-corrected chi connectivity index (χ2v) is 10.4. The van der Waals surface area contributed by atoms with Crippen LogP contribution in [0, 0.1) is 33.6 Å². The van der Waals surface area contributed by atoms with E-state index < -0.39 is 5.97 Å². The maximum Gasteiger partial charge on any atom is 0.350 e. The van der Waals surface area contributed by atoms with E-state index in [-0.39, 0.29) is 11.8 Å². The highest BCUT2D eigenvalue weighted by atomic mass is 32.2. The number of ether oxygens (including phenoxy) is 1. The van der Waals surface area contributed by atoms with Crippen LogP contribution in [0.25, 0.3) is 10.9 Å². The molecule has 2 heterocycles. The monoisotopic (exact) mass is 471 g/mol. The summed E-state index contributed by atoms with van der Waals surface area (Å²) >= 11 is 2.71. The first-order valence-corrected chi connectivity index (χ1v) is 12.4. The highest BCUT2D eigenvalue weighted by molar-refractivity contribution is 7.99. The van der Waals surface area contributed by atoms with E-state index in [1.165, 1.54) is 16.5 Å². The van der Waals surface area contributed by atoms with E-state index in [0.29, 0.717) is 34.5 Å². The predicted octanol–water partition coefficient (Wildman–Crippen LogP) is 5.86. The largest absolute Gasteiger partial charge is 0.461 e. The molecule has 0 bridgehead atoms. The molecule has 0 saturated heterocycles. The summed E-state index contributed by atoms with van der Waals surface area (Å²) in [6, 6.07) is 6.37. The fourth-order valence-electron chi connectivity index (χ4n) is 3.27. The van der Waals surface area contributed by atoms with Crippen LogP contribution in [0.3, 0.4) is 0 Å². The topological polar surface area (TPSA) is 81.2 Å². The fourth-order valence-corrected chi connectivity index (χ4v) is 5.05. The van der Waals surface area contributed by atoms with Crippen molar-refractivity contribution in [3.05, 3.63) is 45.5 Å². The van der Waals surface area contributed by atoms with Gasteiger partial charge in [-0.05, 0) is 56.9 Å². The number of nitrogens with one attached hydrogen (secondary N) is 1. The molecular formula is C24H29N3O3S2. The van der Waals surface area contributed by atoms with Crippen molar-refractivity contribution in [3.63, 3.8) is 0 Å². The predicted molar refractivity (Wildman–Crippen MR) is 132 cm³/mol. The summed E-state index contributed by atoms with van der Waals surface area (Å²) < 4.78 is 5.27. The van der Waals surface area contributed by atoms with Gasteiger partial charge in [-0.3, -0.25) is 4.79 Å². The van der Waals surface area contributed by atoms with E-state index in [1.807, 2.05) is 13.8 Å². The molecule has 0 aliphatic carbocycles. The highest BCUT2D eigenvalue weighted by Crippen LogP contribution is 2.28. The first kappa shape index (κ1) is 24.2. The molecule has 0 unspecified atom stereocenters. The SMILES string of the molecule is Cc1cc(C)c2nc(SCCC(=O)Nc3nc(C)c(C(=O)OCC(C)C)s3)cc(C)c2c1. The molecule has 6 nitrogen and oxygen atoms in total. The first-order valence-electron chi connectivity index (χ1n) is 10.6. The number of aromatic nitrogens is 2. The molecule has 0 aliphatic rings. The number of thiazole rings is 1. The van der Waals surface area contributed by atoms with E-state index >= 15 is 0 Å². The standard InChI is InChI=1S/C24H29N3O3S2/c1-13(2)12-30-23(29)22-17(6)25-24(32-22)26-19(28)7-8-31-20-11-15(4)18-10-14(3)9-16(5)21(18)27-20/h9-11,13H,7-8,12H2,1-6H3,(H,25,26,28). The van der Waals surface area contributed by atoms with Crippen LogP contribution in [0.2, 0.25) is 0 Å². The van der Waals surface area contributed by atoms with Crippen molar-refractivity contribution in [1.29, 1.82) is 0 Å². The molecule has 3 rings (SSSR count). The number of fused-ring (bicyclic) bond motifs is 1. The molecule has 0 spiro atoms. The molecule has 0 radical (unpaired) electrons. The van der Waals surface area contributed by atoms with Crippen molar-refractivity contribution in [2.75, 3.05) is 17.7 Å². The Bertz CT molecular complexity index is 1160. The average molecular weight is 472 g/mol. The molecule has 32 heavy (non-hydrogen) atoms. The average Bonchev–Trinajstić information content (AvgIpc) is 3.07. The van der Waals surface area contributed by atoms with Gasteiger partial charge in [0.05, 0.1) is 22.8 Å². The zero-order valence-electron chi connectivity index (χ0n) is 19.4. The number of anilines is 1. The van der Waals surface area contributed by atoms with Crippen LogP contribution in [0.15, 0.2) is 23.2 Å². The second-order valence-electron chi connectivity index (χ2n) is 8.33. The van der Waals surface area contributed by atoms with E-state index in [0.717, 1.165) is 27.4 Å². The van der Waals surface area contributed by atoms with Crippen molar-refractivity contribution in [1.82, 2.24) is 9.97 Å². The number of esters is 1. The van der Waals surface area contributed by atoms with E-state index in [1.54, 1.807) is 18.7 Å². The van der Waals surface area contributed by atoms with Gasteiger partial charge in [-0.2, -0.15) is 0 Å². The summed E-state index contributed by atoms with van der Waals surface area (Å²) in [4.78, 5) is 34.1. The Balaban J connectivity index is 1.57. The number of pyridine rings is 1. The number of carbonyl (C=O) groups excluding carboxylic acids is 2. The fraction of sp³-hybridized carbons (Fsp3) is 0.417. The van der Waals surface area contributed by atoms with Crippen LogP contribution in [0.4, 0.5) is 5.13 Å². The first-order chi connectivity index (χ1) is 15.1. The zero-order chi connectivity index (χ0) is 23.4. The molecule has 0 saturated carbocycles. The van der Waals surface area contributed by atoms with Crippen LogP contribution < -0.4 is 5.32 Å². The van der Waals surface area contributed by atoms with Gasteiger partial charge in [-0.1, -0.05) is 36.8 Å². The summed E-state index contributed by atoms with van der Waals surface area (Å²) in [5.41, 5.74) is 5.15. The molecule has 1 amide bonds. The summed E-state index contributed by atoms with van der Waals surface area (Å²) in [5, 5.41) is 5.29. The van der Waals surface area contributed by atoms with Crippen molar-refractivity contribution >= 4 is 51.0 Å². The summed E-state index contributed by atoms with van der Waals surface area (Å²) in [7, 11) is 0. The van der Waals surface area contributed by atoms with Gasteiger partial charge in [0, 0.05) is 17.6 Å². The third-order valence-electron chi connectivity index (χ3n) is 4.79. The highest BCUT2D eigenvalue weighted by Gasteiger charge is 2.18. The molecule has 1 N–H and O–H groups in total. The minimum absolute atomic E-state index is 0.141. The van der Waals surface area contributed by atoms with Crippen LogP contribution >= 0.6 is 23.1 Å². The number of carbonyl (C=O) groups is 2. The van der Waals surface area contributed by atoms with Crippen LogP contribution in [-0.2, 0) is 9.53 Å². The Labute approximate surface area is 197 Å². The molecule has 3 aromatic rings. The minimum atomic E-state index is -0.395. The van der Waals surface area contributed by atoms with Gasteiger partial charge in [-0.25, -0.2) is 14.8 Å². The zero-order valence-corrected chi connectivity index (χ0v) is 21.0. The molecule has 1 aromatic carbocycles. The van der Waals surface area contributed by atoms with E-state index in [4.69, 9.17) is 9.72 Å². The quantitative estimate of drug-likeness (QED) is 0.327. The number of thioether (sulfide) groups is 1. The Morgan fingerprint density at radius 3 is 2.56 bits per heavy atom. The second kappa shape index (κ2) is 10.4. The number of benzene rings is 1. The van der Waals surface area contributed by atoms with Crippen LogP contribution in [0.1, 0.15) is 52.3 Å².